The van der Waals surface area contributed by atoms with Gasteiger partial charge in [0.25, 0.3) is 0 Å². The molecule has 0 unspecified atom stereocenters. The van der Waals surface area contributed by atoms with Crippen LogP contribution in [-0.2, 0) is 0 Å². The summed E-state index contributed by atoms with van der Waals surface area (Å²) < 4.78 is 0. The van der Waals surface area contributed by atoms with E-state index in [2.05, 4.69) is 9.97 Å². The van der Waals surface area contributed by atoms with Crippen molar-refractivity contribution in [1.82, 2.24) is 9.97 Å². The van der Waals surface area contributed by atoms with E-state index in [9.17, 15) is 0 Å². The molecule has 0 bridgehead atoms. The van der Waals surface area contributed by atoms with E-state index in [1.807, 2.05) is 36.4 Å². The Bertz CT molecular complexity index is 739. The first-order valence-corrected chi connectivity index (χ1v) is 7.03. The van der Waals surface area contributed by atoms with Crippen LogP contribution in [0.3, 0.4) is 0 Å². The topological polar surface area (TPSA) is 51.8 Å². The number of benzene rings is 2. The third kappa shape index (κ3) is 2.84. The van der Waals surface area contributed by atoms with Crippen LogP contribution in [0.15, 0.2) is 54.9 Å². The van der Waals surface area contributed by atoms with Crippen molar-refractivity contribution in [3.8, 4) is 22.5 Å². The van der Waals surface area contributed by atoms with Crippen LogP contribution in [0.25, 0.3) is 22.5 Å². The van der Waals surface area contributed by atoms with Gasteiger partial charge in [-0.05, 0) is 24.3 Å². The van der Waals surface area contributed by atoms with Gasteiger partial charge < -0.3 is 5.73 Å². The lowest BCUT2D eigenvalue weighted by Gasteiger charge is -2.10. The Kier molecular flexibility index (Phi) is 3.78. The summed E-state index contributed by atoms with van der Waals surface area (Å²) in [7, 11) is 0. The number of hydrogen-bond acceptors (Lipinski definition) is 3. The van der Waals surface area contributed by atoms with Crippen molar-refractivity contribution in [2.75, 3.05) is 5.73 Å². The fraction of sp³-hybridized carbons (Fsp3) is 0. The summed E-state index contributed by atoms with van der Waals surface area (Å²) in [6.07, 6.45) is 1.49. The van der Waals surface area contributed by atoms with Crippen LogP contribution in [0.5, 0.6) is 0 Å². The molecule has 0 fully saturated rings. The highest BCUT2D eigenvalue weighted by Crippen LogP contribution is 2.32. The molecule has 21 heavy (non-hydrogen) atoms. The molecule has 2 aromatic carbocycles. The minimum absolute atomic E-state index is 0.502. The van der Waals surface area contributed by atoms with Crippen LogP contribution in [0.4, 0.5) is 5.69 Å². The molecule has 0 aliphatic carbocycles. The summed E-state index contributed by atoms with van der Waals surface area (Å²) in [6.45, 7) is 0. The maximum Gasteiger partial charge on any atom is 0.116 e. The molecular formula is C16H11Cl2N3. The number of rotatable bonds is 2. The van der Waals surface area contributed by atoms with E-state index in [0.29, 0.717) is 27.1 Å². The Morgan fingerprint density at radius 2 is 1.24 bits per heavy atom. The van der Waals surface area contributed by atoms with E-state index in [1.165, 1.54) is 6.33 Å². The molecule has 3 nitrogen and oxygen atoms in total. The second-order valence-electron chi connectivity index (χ2n) is 4.51. The van der Waals surface area contributed by atoms with Gasteiger partial charge in [-0.1, -0.05) is 47.5 Å². The fourth-order valence-corrected chi connectivity index (χ4v) is 2.51. The average molecular weight is 316 g/mol. The minimum Gasteiger partial charge on any atom is -0.395 e. The highest BCUT2D eigenvalue weighted by Gasteiger charge is 2.12. The van der Waals surface area contributed by atoms with Crippen LogP contribution in [0.2, 0.25) is 10.0 Å². The van der Waals surface area contributed by atoms with E-state index in [4.69, 9.17) is 28.9 Å². The number of hydrogen-bond donors (Lipinski definition) is 1. The Balaban J connectivity index is 2.16. The Morgan fingerprint density at radius 1 is 0.762 bits per heavy atom. The van der Waals surface area contributed by atoms with Gasteiger partial charge >= 0.3 is 0 Å². The van der Waals surface area contributed by atoms with Gasteiger partial charge in [-0.15, -0.1) is 0 Å². The molecule has 2 N–H and O–H groups in total. The lowest BCUT2D eigenvalue weighted by Crippen LogP contribution is -1.99. The standard InChI is InChI=1S/C16H11Cl2N3/c17-12-5-1-3-10(7-12)15-14(19)16(21-9-20-15)11-4-2-6-13(18)8-11/h1-9H,19H2. The Hall–Kier alpha value is -2.10. The third-order valence-corrected chi connectivity index (χ3v) is 3.55. The van der Waals surface area contributed by atoms with E-state index in [1.54, 1.807) is 12.1 Å². The molecular weight excluding hydrogens is 305 g/mol. The summed E-state index contributed by atoms with van der Waals surface area (Å²) >= 11 is 12.0. The number of nitrogens with zero attached hydrogens (tertiary/aromatic N) is 2. The molecule has 0 atom stereocenters. The molecule has 0 aliphatic heterocycles. The molecule has 0 saturated carbocycles. The maximum atomic E-state index is 6.24. The molecule has 0 radical (unpaired) electrons. The van der Waals surface area contributed by atoms with Crippen LogP contribution in [0, 0.1) is 0 Å². The summed E-state index contributed by atoms with van der Waals surface area (Å²) in [5.41, 5.74) is 9.75. The molecule has 3 rings (SSSR count). The predicted octanol–water partition coefficient (Wildman–Crippen LogP) is 4.70. The number of aromatic nitrogens is 2. The normalized spacial score (nSPS) is 10.6. The lowest BCUT2D eigenvalue weighted by molar-refractivity contribution is 1.18. The van der Waals surface area contributed by atoms with E-state index >= 15 is 0 Å². The summed E-state index contributed by atoms with van der Waals surface area (Å²) in [6, 6.07) is 14.8. The van der Waals surface area contributed by atoms with Crippen molar-refractivity contribution in [3.05, 3.63) is 64.9 Å². The number of nitrogens with two attached hydrogens (primary N) is 1. The second kappa shape index (κ2) is 5.72. The highest BCUT2D eigenvalue weighted by atomic mass is 35.5. The van der Waals surface area contributed by atoms with Crippen molar-refractivity contribution < 1.29 is 0 Å². The SMILES string of the molecule is Nc1c(-c2cccc(Cl)c2)ncnc1-c1cccc(Cl)c1. The van der Waals surface area contributed by atoms with Gasteiger partial charge in [0, 0.05) is 21.2 Å². The maximum absolute atomic E-state index is 6.24. The van der Waals surface area contributed by atoms with Gasteiger partial charge in [0.2, 0.25) is 0 Å². The summed E-state index contributed by atoms with van der Waals surface area (Å²) in [5.74, 6) is 0. The Labute approximate surface area is 132 Å². The molecule has 0 aliphatic rings. The van der Waals surface area contributed by atoms with Crippen molar-refractivity contribution >= 4 is 28.9 Å². The van der Waals surface area contributed by atoms with Crippen LogP contribution >= 0.6 is 23.2 Å². The van der Waals surface area contributed by atoms with E-state index in [0.717, 1.165) is 11.1 Å². The smallest absolute Gasteiger partial charge is 0.116 e. The molecule has 0 saturated heterocycles. The van der Waals surface area contributed by atoms with E-state index in [-0.39, 0.29) is 0 Å². The first kappa shape index (κ1) is 13.9. The van der Waals surface area contributed by atoms with Gasteiger partial charge in [0.1, 0.15) is 6.33 Å². The third-order valence-electron chi connectivity index (χ3n) is 3.08. The number of nitrogen functional groups attached to an aromatic ring is 1. The van der Waals surface area contributed by atoms with Gasteiger partial charge in [0.15, 0.2) is 0 Å². The zero-order valence-corrected chi connectivity index (χ0v) is 12.4. The Morgan fingerprint density at radius 3 is 1.67 bits per heavy atom. The largest absolute Gasteiger partial charge is 0.395 e. The van der Waals surface area contributed by atoms with Crippen molar-refractivity contribution in [2.24, 2.45) is 0 Å². The quantitative estimate of drug-likeness (QED) is 0.745. The molecule has 0 spiro atoms. The molecule has 1 aromatic heterocycles. The predicted molar refractivity (Wildman–Crippen MR) is 87.3 cm³/mol. The zero-order chi connectivity index (χ0) is 14.8. The second-order valence-corrected chi connectivity index (χ2v) is 5.38. The van der Waals surface area contributed by atoms with Gasteiger partial charge in [-0.3, -0.25) is 0 Å². The fourth-order valence-electron chi connectivity index (χ4n) is 2.13. The van der Waals surface area contributed by atoms with Gasteiger partial charge in [0.05, 0.1) is 17.1 Å². The molecule has 0 amide bonds. The van der Waals surface area contributed by atoms with Crippen molar-refractivity contribution in [1.29, 1.82) is 0 Å². The van der Waals surface area contributed by atoms with Crippen LogP contribution in [0.1, 0.15) is 0 Å². The number of halogens is 2. The van der Waals surface area contributed by atoms with E-state index < -0.39 is 0 Å². The molecule has 1 heterocycles. The zero-order valence-electron chi connectivity index (χ0n) is 10.9. The molecule has 3 aromatic rings. The van der Waals surface area contributed by atoms with Crippen LogP contribution in [-0.4, -0.2) is 9.97 Å². The summed E-state index contributed by atoms with van der Waals surface area (Å²) in [5, 5.41) is 1.27. The molecule has 104 valence electrons. The minimum atomic E-state index is 0.502. The van der Waals surface area contributed by atoms with Gasteiger partial charge in [-0.25, -0.2) is 9.97 Å². The molecule has 5 heteroatoms. The monoisotopic (exact) mass is 315 g/mol. The van der Waals surface area contributed by atoms with Gasteiger partial charge in [-0.2, -0.15) is 0 Å². The first-order chi connectivity index (χ1) is 10.1. The first-order valence-electron chi connectivity index (χ1n) is 6.27. The lowest BCUT2D eigenvalue weighted by atomic mass is 10.1. The van der Waals surface area contributed by atoms with Crippen molar-refractivity contribution in [3.63, 3.8) is 0 Å². The average Bonchev–Trinajstić information content (AvgIpc) is 2.47. The highest BCUT2D eigenvalue weighted by molar-refractivity contribution is 6.31. The van der Waals surface area contributed by atoms with Crippen LogP contribution < -0.4 is 5.73 Å². The summed E-state index contributed by atoms with van der Waals surface area (Å²) in [4.78, 5) is 8.54. The van der Waals surface area contributed by atoms with Crippen molar-refractivity contribution in [2.45, 2.75) is 0 Å². The number of anilines is 1.